The maximum absolute atomic E-state index is 11.5. The predicted molar refractivity (Wildman–Crippen MR) is 70.6 cm³/mol. The number of hydrogen-bond donors (Lipinski definition) is 2. The summed E-state index contributed by atoms with van der Waals surface area (Å²) < 4.78 is 5.41. The third-order valence-corrected chi connectivity index (χ3v) is 2.72. The van der Waals surface area contributed by atoms with Crippen molar-refractivity contribution in [3.63, 3.8) is 0 Å². The third kappa shape index (κ3) is 5.19. The summed E-state index contributed by atoms with van der Waals surface area (Å²) in [5.41, 5.74) is 1.01. The molecule has 100 valence electrons. The molecule has 0 spiro atoms. The summed E-state index contributed by atoms with van der Waals surface area (Å²) in [6, 6.07) is 7.57. The lowest BCUT2D eigenvalue weighted by molar-refractivity contribution is -0.123. The zero-order valence-corrected chi connectivity index (χ0v) is 11.0. The lowest BCUT2D eigenvalue weighted by Crippen LogP contribution is -2.31. The maximum Gasteiger partial charge on any atom is 0.257 e. The van der Waals surface area contributed by atoms with Crippen LogP contribution in [-0.4, -0.2) is 30.3 Å². The van der Waals surface area contributed by atoms with Gasteiger partial charge in [-0.05, 0) is 31.4 Å². The van der Waals surface area contributed by atoms with E-state index >= 15 is 0 Å². The fourth-order valence-electron chi connectivity index (χ4n) is 1.50. The Morgan fingerprint density at radius 1 is 1.44 bits per heavy atom. The van der Waals surface area contributed by atoms with Crippen LogP contribution < -0.4 is 10.1 Å². The summed E-state index contributed by atoms with van der Waals surface area (Å²) in [5, 5.41) is 12.0. The van der Waals surface area contributed by atoms with Crippen molar-refractivity contribution in [3.8, 4) is 5.75 Å². The molecule has 0 bridgehead atoms. The Hall–Kier alpha value is -1.55. The van der Waals surface area contributed by atoms with Crippen molar-refractivity contribution in [2.24, 2.45) is 0 Å². The molecule has 0 radical (unpaired) electrons. The highest BCUT2D eigenvalue weighted by Gasteiger charge is 2.05. The standard InChI is InChI=1S/C14H21NO3/c1-3-12(16)8-9-15-14(17)10-18-13-7-5-4-6-11(13)2/h4-7,12,16H,3,8-10H2,1-2H3,(H,15,17). The van der Waals surface area contributed by atoms with Crippen LogP contribution in [0.5, 0.6) is 5.75 Å². The van der Waals surface area contributed by atoms with E-state index in [1.807, 2.05) is 38.1 Å². The Morgan fingerprint density at radius 3 is 2.83 bits per heavy atom. The van der Waals surface area contributed by atoms with E-state index in [2.05, 4.69) is 5.32 Å². The van der Waals surface area contributed by atoms with Gasteiger partial charge in [0.2, 0.25) is 0 Å². The van der Waals surface area contributed by atoms with Crippen molar-refractivity contribution >= 4 is 5.91 Å². The summed E-state index contributed by atoms with van der Waals surface area (Å²) in [6.07, 6.45) is 0.935. The van der Waals surface area contributed by atoms with Crippen LogP contribution >= 0.6 is 0 Å². The van der Waals surface area contributed by atoms with E-state index in [0.29, 0.717) is 19.4 Å². The molecular formula is C14H21NO3. The normalized spacial score (nSPS) is 11.9. The summed E-state index contributed by atoms with van der Waals surface area (Å²) in [7, 11) is 0. The topological polar surface area (TPSA) is 58.6 Å². The molecule has 18 heavy (non-hydrogen) atoms. The van der Waals surface area contributed by atoms with E-state index in [0.717, 1.165) is 11.3 Å². The molecule has 4 heteroatoms. The van der Waals surface area contributed by atoms with Crippen LogP contribution in [0.25, 0.3) is 0 Å². The van der Waals surface area contributed by atoms with Crippen molar-refractivity contribution in [3.05, 3.63) is 29.8 Å². The molecule has 0 fully saturated rings. The Bertz CT molecular complexity index is 379. The minimum absolute atomic E-state index is 0.00702. The fraction of sp³-hybridized carbons (Fsp3) is 0.500. The average molecular weight is 251 g/mol. The summed E-state index contributed by atoms with van der Waals surface area (Å²) in [6.45, 7) is 4.33. The Labute approximate surface area is 108 Å². The third-order valence-electron chi connectivity index (χ3n) is 2.72. The average Bonchev–Trinajstić information content (AvgIpc) is 2.37. The van der Waals surface area contributed by atoms with E-state index in [4.69, 9.17) is 4.74 Å². The first kappa shape index (κ1) is 14.5. The van der Waals surface area contributed by atoms with Gasteiger partial charge in [-0.2, -0.15) is 0 Å². The number of nitrogens with one attached hydrogen (secondary N) is 1. The van der Waals surface area contributed by atoms with Crippen LogP contribution in [0.3, 0.4) is 0 Å². The molecule has 1 rings (SSSR count). The zero-order valence-electron chi connectivity index (χ0n) is 11.0. The lowest BCUT2D eigenvalue weighted by atomic mass is 10.2. The molecule has 0 aliphatic heterocycles. The van der Waals surface area contributed by atoms with Gasteiger partial charge in [0.05, 0.1) is 6.10 Å². The fourth-order valence-corrected chi connectivity index (χ4v) is 1.50. The molecule has 0 heterocycles. The van der Waals surface area contributed by atoms with Crippen LogP contribution in [0.4, 0.5) is 0 Å². The number of amides is 1. The molecule has 0 aromatic heterocycles. The van der Waals surface area contributed by atoms with Crippen molar-refractivity contribution < 1.29 is 14.6 Å². The van der Waals surface area contributed by atoms with Gasteiger partial charge in [-0.1, -0.05) is 25.1 Å². The molecule has 4 nitrogen and oxygen atoms in total. The number of aryl methyl sites for hydroxylation is 1. The minimum atomic E-state index is -0.345. The Morgan fingerprint density at radius 2 is 2.17 bits per heavy atom. The highest BCUT2D eigenvalue weighted by atomic mass is 16.5. The number of rotatable bonds is 7. The van der Waals surface area contributed by atoms with Gasteiger partial charge in [0.25, 0.3) is 5.91 Å². The monoisotopic (exact) mass is 251 g/mol. The van der Waals surface area contributed by atoms with Crippen LogP contribution in [0, 0.1) is 6.92 Å². The molecule has 2 N–H and O–H groups in total. The summed E-state index contributed by atoms with van der Waals surface area (Å²) in [5.74, 6) is 0.558. The number of benzene rings is 1. The zero-order chi connectivity index (χ0) is 13.4. The van der Waals surface area contributed by atoms with Crippen molar-refractivity contribution in [2.45, 2.75) is 32.8 Å². The number of aliphatic hydroxyl groups excluding tert-OH is 1. The van der Waals surface area contributed by atoms with Gasteiger partial charge < -0.3 is 15.2 Å². The Balaban J connectivity index is 2.23. The van der Waals surface area contributed by atoms with Gasteiger partial charge >= 0.3 is 0 Å². The highest BCUT2D eigenvalue weighted by molar-refractivity contribution is 5.77. The van der Waals surface area contributed by atoms with Crippen molar-refractivity contribution in [1.82, 2.24) is 5.32 Å². The first-order valence-corrected chi connectivity index (χ1v) is 6.26. The second kappa shape index (κ2) is 7.71. The molecule has 1 unspecified atom stereocenters. The van der Waals surface area contributed by atoms with Gasteiger partial charge in [-0.15, -0.1) is 0 Å². The maximum atomic E-state index is 11.5. The molecule has 1 amide bonds. The summed E-state index contributed by atoms with van der Waals surface area (Å²) >= 11 is 0. The molecule has 0 saturated carbocycles. The SMILES string of the molecule is CCC(O)CCNC(=O)COc1ccccc1C. The number of carbonyl (C=O) groups excluding carboxylic acids is 1. The molecule has 1 atom stereocenters. The molecule has 0 aliphatic rings. The van der Waals surface area contributed by atoms with E-state index in [9.17, 15) is 9.90 Å². The molecule has 0 aliphatic carbocycles. The second-order valence-electron chi connectivity index (χ2n) is 4.25. The van der Waals surface area contributed by atoms with Crippen molar-refractivity contribution in [1.29, 1.82) is 0 Å². The number of aliphatic hydroxyl groups is 1. The van der Waals surface area contributed by atoms with E-state index in [-0.39, 0.29) is 18.6 Å². The van der Waals surface area contributed by atoms with E-state index in [1.165, 1.54) is 0 Å². The van der Waals surface area contributed by atoms with Gasteiger partial charge in [0.15, 0.2) is 6.61 Å². The molecule has 1 aromatic carbocycles. The van der Waals surface area contributed by atoms with Crippen LogP contribution in [0.15, 0.2) is 24.3 Å². The molecule has 1 aromatic rings. The molecular weight excluding hydrogens is 230 g/mol. The van der Waals surface area contributed by atoms with Crippen molar-refractivity contribution in [2.75, 3.05) is 13.2 Å². The summed E-state index contributed by atoms with van der Waals surface area (Å²) in [4.78, 5) is 11.5. The first-order valence-electron chi connectivity index (χ1n) is 6.26. The lowest BCUT2D eigenvalue weighted by Gasteiger charge is -2.10. The van der Waals surface area contributed by atoms with Crippen LogP contribution in [0.2, 0.25) is 0 Å². The first-order chi connectivity index (χ1) is 8.63. The second-order valence-corrected chi connectivity index (χ2v) is 4.25. The minimum Gasteiger partial charge on any atom is -0.484 e. The van der Waals surface area contributed by atoms with Gasteiger partial charge in [-0.3, -0.25) is 4.79 Å². The van der Waals surface area contributed by atoms with Gasteiger partial charge in [0.1, 0.15) is 5.75 Å². The molecule has 0 saturated heterocycles. The Kier molecular flexibility index (Phi) is 6.22. The van der Waals surface area contributed by atoms with Gasteiger partial charge in [0, 0.05) is 6.54 Å². The number of para-hydroxylation sites is 1. The quantitative estimate of drug-likeness (QED) is 0.774. The van der Waals surface area contributed by atoms with Crippen LogP contribution in [-0.2, 0) is 4.79 Å². The van der Waals surface area contributed by atoms with E-state index < -0.39 is 0 Å². The largest absolute Gasteiger partial charge is 0.484 e. The van der Waals surface area contributed by atoms with Crippen LogP contribution in [0.1, 0.15) is 25.3 Å². The number of ether oxygens (including phenoxy) is 1. The van der Waals surface area contributed by atoms with Gasteiger partial charge in [-0.25, -0.2) is 0 Å². The number of hydrogen-bond acceptors (Lipinski definition) is 3. The highest BCUT2D eigenvalue weighted by Crippen LogP contribution is 2.15. The smallest absolute Gasteiger partial charge is 0.257 e. The number of carbonyl (C=O) groups is 1. The predicted octanol–water partition coefficient (Wildman–Crippen LogP) is 1.65. The van der Waals surface area contributed by atoms with E-state index in [1.54, 1.807) is 0 Å².